The minimum absolute atomic E-state index is 0.377. The van der Waals surface area contributed by atoms with E-state index in [2.05, 4.69) is 19.9 Å². The van der Waals surface area contributed by atoms with Gasteiger partial charge in [-0.05, 0) is 35.7 Å². The van der Waals surface area contributed by atoms with Crippen molar-refractivity contribution in [1.82, 2.24) is 0 Å². The molecule has 116 valence electrons. The average Bonchev–Trinajstić information content (AvgIpc) is 2.56. The maximum absolute atomic E-state index is 12.9. The summed E-state index contributed by atoms with van der Waals surface area (Å²) in [5, 5.41) is 0. The van der Waals surface area contributed by atoms with Gasteiger partial charge >= 0.3 is 0 Å². The quantitative estimate of drug-likeness (QED) is 0.639. The minimum Gasteiger partial charge on any atom is -0.606 e. The highest BCUT2D eigenvalue weighted by Gasteiger charge is 2.48. The van der Waals surface area contributed by atoms with Crippen molar-refractivity contribution in [3.8, 4) is 0 Å². The van der Waals surface area contributed by atoms with Gasteiger partial charge in [0.2, 0.25) is 5.79 Å². The number of rotatable bonds is 3. The monoisotopic (exact) mass is 316 g/mol. The zero-order chi connectivity index (χ0) is 15.9. The smallest absolute Gasteiger partial charge is 0.231 e. The van der Waals surface area contributed by atoms with Crippen LogP contribution >= 0.6 is 0 Å². The van der Waals surface area contributed by atoms with Crippen molar-refractivity contribution >= 4 is 11.2 Å². The first kappa shape index (κ1) is 15.6. The SMILES string of the molecule is COC1(OC)c2ccccc2[S+]([O-])c2ccc(C(C)C)cc21. The van der Waals surface area contributed by atoms with Crippen LogP contribution in [-0.4, -0.2) is 18.8 Å². The fourth-order valence-corrected chi connectivity index (χ4v) is 4.44. The van der Waals surface area contributed by atoms with Gasteiger partial charge in [-0.1, -0.05) is 32.0 Å². The molecule has 2 aromatic rings. The number of fused-ring (bicyclic) bond motifs is 2. The van der Waals surface area contributed by atoms with E-state index in [1.54, 1.807) is 14.2 Å². The van der Waals surface area contributed by atoms with Crippen molar-refractivity contribution in [3.05, 3.63) is 59.2 Å². The van der Waals surface area contributed by atoms with Crippen molar-refractivity contribution in [2.45, 2.75) is 35.3 Å². The summed E-state index contributed by atoms with van der Waals surface area (Å²) in [4.78, 5) is 1.50. The Kier molecular flexibility index (Phi) is 4.03. The number of hydrogen-bond donors (Lipinski definition) is 0. The molecule has 2 aromatic carbocycles. The second-order valence-electron chi connectivity index (χ2n) is 5.70. The largest absolute Gasteiger partial charge is 0.606 e. The third-order valence-electron chi connectivity index (χ3n) is 4.24. The molecule has 22 heavy (non-hydrogen) atoms. The van der Waals surface area contributed by atoms with E-state index in [1.807, 2.05) is 36.4 Å². The lowest BCUT2D eigenvalue weighted by Gasteiger charge is -2.37. The molecule has 0 spiro atoms. The maximum atomic E-state index is 12.9. The van der Waals surface area contributed by atoms with Crippen molar-refractivity contribution in [3.63, 3.8) is 0 Å². The normalized spacial score (nSPS) is 18.9. The summed E-state index contributed by atoms with van der Waals surface area (Å²) in [5.74, 6) is -0.632. The van der Waals surface area contributed by atoms with Crippen molar-refractivity contribution < 1.29 is 14.0 Å². The molecule has 3 nitrogen and oxygen atoms in total. The third kappa shape index (κ3) is 2.10. The topological polar surface area (TPSA) is 41.5 Å². The van der Waals surface area contributed by atoms with Gasteiger partial charge in [-0.3, -0.25) is 0 Å². The van der Waals surface area contributed by atoms with E-state index < -0.39 is 17.0 Å². The Morgan fingerprint density at radius 2 is 1.59 bits per heavy atom. The fraction of sp³-hybridized carbons (Fsp3) is 0.333. The lowest BCUT2D eigenvalue weighted by Crippen LogP contribution is -2.38. The summed E-state index contributed by atoms with van der Waals surface area (Å²) in [6.07, 6.45) is 0. The number of hydrogen-bond acceptors (Lipinski definition) is 3. The Labute approximate surface area is 134 Å². The Bertz CT molecular complexity index is 692. The van der Waals surface area contributed by atoms with Crippen LogP contribution in [-0.2, 0) is 26.4 Å². The number of methoxy groups -OCH3 is 2. The van der Waals surface area contributed by atoms with E-state index in [0.29, 0.717) is 5.92 Å². The lowest BCUT2D eigenvalue weighted by molar-refractivity contribution is -0.188. The molecule has 0 aliphatic carbocycles. The van der Waals surface area contributed by atoms with Crippen LogP contribution in [0.3, 0.4) is 0 Å². The van der Waals surface area contributed by atoms with E-state index in [4.69, 9.17) is 9.47 Å². The first-order valence-electron chi connectivity index (χ1n) is 7.31. The van der Waals surface area contributed by atoms with E-state index in [1.165, 1.54) is 5.56 Å². The molecule has 1 heterocycles. The lowest BCUT2D eigenvalue weighted by atomic mass is 9.92. The van der Waals surface area contributed by atoms with Gasteiger partial charge in [-0.2, -0.15) is 0 Å². The second-order valence-corrected chi connectivity index (χ2v) is 7.12. The van der Waals surface area contributed by atoms with Crippen LogP contribution in [0.15, 0.2) is 52.3 Å². The second kappa shape index (κ2) is 5.70. The molecule has 0 fully saturated rings. The predicted molar refractivity (Wildman–Crippen MR) is 86.4 cm³/mol. The van der Waals surface area contributed by atoms with Crippen molar-refractivity contribution in [2.75, 3.05) is 14.2 Å². The maximum Gasteiger partial charge on any atom is 0.231 e. The van der Waals surface area contributed by atoms with E-state index in [0.717, 1.165) is 20.9 Å². The van der Waals surface area contributed by atoms with Gasteiger partial charge in [0.05, 0.1) is 11.1 Å². The van der Waals surface area contributed by atoms with Crippen molar-refractivity contribution in [2.24, 2.45) is 0 Å². The van der Waals surface area contributed by atoms with Crippen LogP contribution in [0.1, 0.15) is 36.5 Å². The van der Waals surface area contributed by atoms with E-state index >= 15 is 0 Å². The number of benzene rings is 2. The summed E-state index contributed by atoms with van der Waals surface area (Å²) in [6.45, 7) is 4.27. The Morgan fingerprint density at radius 1 is 0.955 bits per heavy atom. The molecule has 0 aromatic heterocycles. The van der Waals surface area contributed by atoms with Crippen LogP contribution in [0.25, 0.3) is 0 Å². The first-order valence-corrected chi connectivity index (χ1v) is 8.46. The van der Waals surface area contributed by atoms with Gasteiger partial charge in [0.1, 0.15) is 0 Å². The zero-order valence-corrected chi connectivity index (χ0v) is 14.1. The van der Waals surface area contributed by atoms with Gasteiger partial charge in [-0.15, -0.1) is 0 Å². The molecular weight excluding hydrogens is 296 g/mol. The summed E-state index contributed by atoms with van der Waals surface area (Å²) in [5.41, 5.74) is 2.82. The Morgan fingerprint density at radius 3 is 2.23 bits per heavy atom. The Balaban J connectivity index is 2.32. The highest BCUT2D eigenvalue weighted by atomic mass is 32.2. The first-order chi connectivity index (χ1) is 10.5. The highest BCUT2D eigenvalue weighted by Crippen LogP contribution is 2.47. The summed E-state index contributed by atoms with van der Waals surface area (Å²) >= 11 is -1.22. The molecule has 1 unspecified atom stereocenters. The van der Waals surface area contributed by atoms with E-state index in [-0.39, 0.29) is 0 Å². The van der Waals surface area contributed by atoms with Gasteiger partial charge < -0.3 is 14.0 Å². The van der Waals surface area contributed by atoms with Gasteiger partial charge in [0, 0.05) is 25.4 Å². The summed E-state index contributed by atoms with van der Waals surface area (Å²) in [7, 11) is 3.25. The third-order valence-corrected chi connectivity index (χ3v) is 5.75. The highest BCUT2D eigenvalue weighted by molar-refractivity contribution is 7.91. The summed E-state index contributed by atoms with van der Waals surface area (Å²) in [6, 6.07) is 13.6. The standard InChI is InChI=1S/C18H20O3S/c1-12(2)13-9-10-17-15(11-13)18(20-3,21-4)14-7-5-6-8-16(14)22(17)19/h5-12H,1-4H3. The fourth-order valence-electron chi connectivity index (χ4n) is 3.01. The van der Waals surface area contributed by atoms with Crippen LogP contribution in [0.2, 0.25) is 0 Å². The number of ether oxygens (including phenoxy) is 2. The van der Waals surface area contributed by atoms with Gasteiger partial charge in [0.25, 0.3) is 0 Å². The van der Waals surface area contributed by atoms with Crippen LogP contribution in [0.4, 0.5) is 0 Å². The van der Waals surface area contributed by atoms with Crippen molar-refractivity contribution in [1.29, 1.82) is 0 Å². The molecule has 1 aliphatic rings. The molecule has 0 bridgehead atoms. The molecule has 0 amide bonds. The molecule has 3 rings (SSSR count). The molecule has 0 saturated carbocycles. The molecule has 0 saturated heterocycles. The van der Waals surface area contributed by atoms with E-state index in [9.17, 15) is 4.55 Å². The van der Waals surface area contributed by atoms with Crippen LogP contribution in [0, 0.1) is 0 Å². The van der Waals surface area contributed by atoms with Gasteiger partial charge in [-0.25, -0.2) is 0 Å². The minimum atomic E-state index is -1.22. The molecular formula is C18H20O3S. The molecule has 0 N–H and O–H groups in total. The van der Waals surface area contributed by atoms with Crippen LogP contribution in [0.5, 0.6) is 0 Å². The molecule has 0 radical (unpaired) electrons. The zero-order valence-electron chi connectivity index (χ0n) is 13.3. The summed E-state index contributed by atoms with van der Waals surface area (Å²) < 4.78 is 24.5. The molecule has 1 aliphatic heterocycles. The molecule has 1 atom stereocenters. The molecule has 4 heteroatoms. The van der Waals surface area contributed by atoms with Crippen LogP contribution < -0.4 is 0 Å². The predicted octanol–water partition coefficient (Wildman–Crippen LogP) is 3.78. The average molecular weight is 316 g/mol. The van der Waals surface area contributed by atoms with Gasteiger partial charge in [0.15, 0.2) is 9.79 Å². The Hall–Kier alpha value is -1.33.